The minimum absolute atomic E-state index is 0.265. The van der Waals surface area contributed by atoms with Gasteiger partial charge in [-0.1, -0.05) is 18.2 Å². The second kappa shape index (κ2) is 7.20. The molecule has 0 atom stereocenters. The van der Waals surface area contributed by atoms with Crippen molar-refractivity contribution in [2.75, 3.05) is 31.1 Å². The Balaban J connectivity index is 1.53. The second-order valence-corrected chi connectivity index (χ2v) is 7.57. The van der Waals surface area contributed by atoms with Crippen LogP contribution in [-0.4, -0.2) is 31.1 Å². The topological polar surface area (TPSA) is 36.7 Å². The molecule has 3 aromatic rings. The van der Waals surface area contributed by atoms with Gasteiger partial charge in [-0.25, -0.2) is 4.79 Å². The third kappa shape index (κ3) is 3.62. The van der Waals surface area contributed by atoms with Crippen LogP contribution < -0.4 is 10.5 Å². The normalized spacial score (nSPS) is 15.4. The number of aryl methyl sites for hydroxylation is 3. The van der Waals surface area contributed by atoms with Crippen LogP contribution >= 0.6 is 0 Å². The molecule has 140 valence electrons. The van der Waals surface area contributed by atoms with Gasteiger partial charge in [0, 0.05) is 49.9 Å². The molecule has 2 aromatic carbocycles. The number of fused-ring (bicyclic) bond motifs is 1. The lowest BCUT2D eigenvalue weighted by atomic mass is 10.0. The van der Waals surface area contributed by atoms with Crippen molar-refractivity contribution >= 4 is 16.7 Å². The van der Waals surface area contributed by atoms with Crippen LogP contribution in [0, 0.1) is 20.8 Å². The van der Waals surface area contributed by atoms with Crippen molar-refractivity contribution in [3.63, 3.8) is 0 Å². The molecule has 0 bridgehead atoms. The van der Waals surface area contributed by atoms with Gasteiger partial charge in [-0.2, -0.15) is 0 Å². The molecule has 1 aromatic heterocycles. The largest absolute Gasteiger partial charge is 0.423 e. The molecule has 1 fully saturated rings. The van der Waals surface area contributed by atoms with E-state index in [1.807, 2.05) is 13.0 Å². The van der Waals surface area contributed by atoms with E-state index in [9.17, 15) is 4.79 Å². The van der Waals surface area contributed by atoms with Crippen molar-refractivity contribution in [3.05, 3.63) is 75.1 Å². The Bertz CT molecular complexity index is 1030. The van der Waals surface area contributed by atoms with Gasteiger partial charge in [0.2, 0.25) is 0 Å². The zero-order valence-corrected chi connectivity index (χ0v) is 16.3. The Morgan fingerprint density at radius 3 is 2.33 bits per heavy atom. The Kier molecular flexibility index (Phi) is 4.75. The van der Waals surface area contributed by atoms with Gasteiger partial charge < -0.3 is 9.32 Å². The van der Waals surface area contributed by atoms with Gasteiger partial charge in [-0.05, 0) is 61.2 Å². The summed E-state index contributed by atoms with van der Waals surface area (Å²) in [6.45, 7) is 11.1. The van der Waals surface area contributed by atoms with E-state index in [2.05, 4.69) is 54.0 Å². The third-order valence-corrected chi connectivity index (χ3v) is 5.67. The number of piperazine rings is 1. The lowest BCUT2D eigenvalue weighted by molar-refractivity contribution is 0.250. The summed E-state index contributed by atoms with van der Waals surface area (Å²) in [7, 11) is 0. The van der Waals surface area contributed by atoms with Crippen molar-refractivity contribution < 1.29 is 4.42 Å². The highest BCUT2D eigenvalue weighted by Crippen LogP contribution is 2.24. The van der Waals surface area contributed by atoms with E-state index in [-0.39, 0.29) is 5.63 Å². The Labute approximate surface area is 160 Å². The number of para-hydroxylation sites is 1. The minimum Gasteiger partial charge on any atom is -0.423 e. The molecule has 0 spiro atoms. The molecule has 27 heavy (non-hydrogen) atoms. The van der Waals surface area contributed by atoms with Crippen molar-refractivity contribution in [3.8, 4) is 0 Å². The summed E-state index contributed by atoms with van der Waals surface area (Å²) < 4.78 is 5.43. The first-order valence-corrected chi connectivity index (χ1v) is 9.58. The summed E-state index contributed by atoms with van der Waals surface area (Å²) in [5, 5.41) is 1.05. The second-order valence-electron chi connectivity index (χ2n) is 7.57. The Morgan fingerprint density at radius 1 is 0.889 bits per heavy atom. The number of nitrogens with zero attached hydrogens (tertiary/aromatic N) is 2. The number of rotatable bonds is 3. The molecular weight excluding hydrogens is 336 g/mol. The Morgan fingerprint density at radius 2 is 1.59 bits per heavy atom. The maximum absolute atomic E-state index is 12.0. The standard InChI is InChI=1S/C23H26N2O2/c1-16-6-4-5-7-21(16)25-10-8-24(9-11-25)15-19-14-23(26)27-22-13-18(3)17(2)12-20(19)22/h4-7,12-14H,8-11,15H2,1-3H3. The van der Waals surface area contributed by atoms with Crippen molar-refractivity contribution in [1.29, 1.82) is 0 Å². The van der Waals surface area contributed by atoms with Crippen LogP contribution in [0.3, 0.4) is 0 Å². The number of anilines is 1. The minimum atomic E-state index is -0.265. The molecule has 1 aliphatic heterocycles. The SMILES string of the molecule is Cc1cc2oc(=O)cc(CN3CCN(c4ccccc4C)CC3)c2cc1C. The highest BCUT2D eigenvalue weighted by Gasteiger charge is 2.19. The summed E-state index contributed by atoms with van der Waals surface area (Å²) in [5.74, 6) is 0. The quantitative estimate of drug-likeness (QED) is 0.659. The predicted octanol–water partition coefficient (Wildman–Crippen LogP) is 4.04. The average Bonchev–Trinajstić information content (AvgIpc) is 2.64. The van der Waals surface area contributed by atoms with Crippen molar-refractivity contribution in [2.24, 2.45) is 0 Å². The van der Waals surface area contributed by atoms with Gasteiger partial charge in [0.1, 0.15) is 5.58 Å². The molecule has 0 unspecified atom stereocenters. The fraction of sp³-hybridized carbons (Fsp3) is 0.348. The molecule has 1 saturated heterocycles. The van der Waals surface area contributed by atoms with Crippen LogP contribution in [0.1, 0.15) is 22.3 Å². The molecule has 0 N–H and O–H groups in total. The van der Waals surface area contributed by atoms with Crippen molar-refractivity contribution in [1.82, 2.24) is 4.90 Å². The van der Waals surface area contributed by atoms with Crippen LogP contribution in [0.5, 0.6) is 0 Å². The van der Waals surface area contributed by atoms with Crippen molar-refractivity contribution in [2.45, 2.75) is 27.3 Å². The van der Waals surface area contributed by atoms with Crippen LogP contribution in [-0.2, 0) is 6.54 Å². The smallest absolute Gasteiger partial charge is 0.336 e. The van der Waals surface area contributed by atoms with E-state index in [4.69, 9.17) is 4.42 Å². The summed E-state index contributed by atoms with van der Waals surface area (Å²) in [6, 6.07) is 14.3. The molecule has 0 amide bonds. The molecule has 4 rings (SSSR count). The molecule has 0 aliphatic carbocycles. The zero-order chi connectivity index (χ0) is 19.0. The molecule has 1 aliphatic rings. The number of benzene rings is 2. The highest BCUT2D eigenvalue weighted by molar-refractivity contribution is 5.81. The molecule has 0 saturated carbocycles. The van der Waals surface area contributed by atoms with E-state index >= 15 is 0 Å². The molecular formula is C23H26N2O2. The van der Waals surface area contributed by atoms with E-state index in [0.29, 0.717) is 5.58 Å². The summed E-state index contributed by atoms with van der Waals surface area (Å²) >= 11 is 0. The number of hydrogen-bond donors (Lipinski definition) is 0. The van der Waals surface area contributed by atoms with Gasteiger partial charge in [0.05, 0.1) is 0 Å². The zero-order valence-electron chi connectivity index (χ0n) is 16.3. The van der Waals surface area contributed by atoms with E-state index in [0.717, 1.165) is 49.2 Å². The first kappa shape index (κ1) is 17.8. The molecule has 2 heterocycles. The monoisotopic (exact) mass is 362 g/mol. The highest BCUT2D eigenvalue weighted by atomic mass is 16.4. The van der Waals surface area contributed by atoms with E-state index < -0.39 is 0 Å². The van der Waals surface area contributed by atoms with Crippen LogP contribution in [0.4, 0.5) is 5.69 Å². The van der Waals surface area contributed by atoms with E-state index in [1.54, 1.807) is 6.07 Å². The van der Waals surface area contributed by atoms with Crippen LogP contribution in [0.15, 0.2) is 51.7 Å². The Hall–Kier alpha value is -2.59. The lowest BCUT2D eigenvalue weighted by Gasteiger charge is -2.37. The van der Waals surface area contributed by atoms with Crippen LogP contribution in [0.2, 0.25) is 0 Å². The first-order chi connectivity index (χ1) is 13.0. The molecule has 0 radical (unpaired) electrons. The first-order valence-electron chi connectivity index (χ1n) is 9.58. The average molecular weight is 362 g/mol. The fourth-order valence-electron chi connectivity index (χ4n) is 3.92. The van der Waals surface area contributed by atoms with Gasteiger partial charge in [0.15, 0.2) is 0 Å². The fourth-order valence-corrected chi connectivity index (χ4v) is 3.92. The summed E-state index contributed by atoms with van der Waals surface area (Å²) in [5.41, 5.74) is 6.52. The predicted molar refractivity (Wildman–Crippen MR) is 111 cm³/mol. The lowest BCUT2D eigenvalue weighted by Crippen LogP contribution is -2.46. The van der Waals surface area contributed by atoms with Crippen LogP contribution in [0.25, 0.3) is 11.0 Å². The van der Waals surface area contributed by atoms with Gasteiger partial charge >= 0.3 is 5.63 Å². The summed E-state index contributed by atoms with van der Waals surface area (Å²) in [6.07, 6.45) is 0. The molecule has 4 nitrogen and oxygen atoms in total. The third-order valence-electron chi connectivity index (χ3n) is 5.67. The maximum Gasteiger partial charge on any atom is 0.336 e. The molecule has 4 heteroatoms. The summed E-state index contributed by atoms with van der Waals surface area (Å²) in [4.78, 5) is 16.9. The maximum atomic E-state index is 12.0. The van der Waals surface area contributed by atoms with E-state index in [1.165, 1.54) is 16.8 Å². The number of hydrogen-bond acceptors (Lipinski definition) is 4. The van der Waals surface area contributed by atoms with Gasteiger partial charge in [-0.3, -0.25) is 4.90 Å². The van der Waals surface area contributed by atoms with Gasteiger partial charge in [-0.15, -0.1) is 0 Å². The van der Waals surface area contributed by atoms with Gasteiger partial charge in [0.25, 0.3) is 0 Å².